The molecule has 2 aliphatic heterocycles. The van der Waals surface area contributed by atoms with Gasteiger partial charge in [-0.2, -0.15) is 0 Å². The van der Waals surface area contributed by atoms with Gasteiger partial charge in [-0.1, -0.05) is 11.6 Å². The molecule has 2 aromatic rings. The monoisotopic (exact) mass is 456 g/mol. The molecule has 0 amide bonds. The van der Waals surface area contributed by atoms with Crippen molar-refractivity contribution in [2.45, 2.75) is 44.2 Å². The molecule has 0 saturated heterocycles. The number of benzene rings is 2. The van der Waals surface area contributed by atoms with E-state index in [1.54, 1.807) is 7.11 Å². The Balaban J connectivity index is 1.68. The Morgan fingerprint density at radius 3 is 2.84 bits per heavy atom. The van der Waals surface area contributed by atoms with Gasteiger partial charge in [0.05, 0.1) is 48.8 Å². The lowest BCUT2D eigenvalue weighted by atomic mass is 9.74. The fourth-order valence-corrected chi connectivity index (χ4v) is 5.55. The van der Waals surface area contributed by atoms with Gasteiger partial charge in [0.2, 0.25) is 0 Å². The van der Waals surface area contributed by atoms with Gasteiger partial charge in [0.25, 0.3) is 0 Å². The predicted octanol–water partition coefficient (Wildman–Crippen LogP) is 4.42. The van der Waals surface area contributed by atoms with Crippen LogP contribution in [0.1, 0.15) is 48.8 Å². The van der Waals surface area contributed by atoms with E-state index in [1.807, 2.05) is 32.2 Å². The van der Waals surface area contributed by atoms with E-state index < -0.39 is 0 Å². The lowest BCUT2D eigenvalue weighted by Gasteiger charge is -2.38. The number of nitrogens with zero attached hydrogens (tertiary/aromatic N) is 2. The average molecular weight is 457 g/mol. The van der Waals surface area contributed by atoms with Crippen LogP contribution in [0, 0.1) is 0 Å². The summed E-state index contributed by atoms with van der Waals surface area (Å²) < 4.78 is 17.5. The third kappa shape index (κ3) is 3.59. The molecule has 1 saturated carbocycles. The third-order valence-corrected chi connectivity index (χ3v) is 7.03. The first kappa shape index (κ1) is 21.4. The summed E-state index contributed by atoms with van der Waals surface area (Å²) in [4.78, 5) is 7.31. The maximum Gasteiger partial charge on any atom is 0.161 e. The van der Waals surface area contributed by atoms with Crippen LogP contribution in [0.2, 0.25) is 5.02 Å². The zero-order chi connectivity index (χ0) is 22.4. The summed E-state index contributed by atoms with van der Waals surface area (Å²) in [7, 11) is 3.68. The molecule has 0 aromatic heterocycles. The number of halogens is 1. The van der Waals surface area contributed by atoms with Crippen molar-refractivity contribution < 1.29 is 19.3 Å². The Kier molecular flexibility index (Phi) is 5.68. The van der Waals surface area contributed by atoms with Crippen LogP contribution < -0.4 is 19.1 Å². The Hall–Kier alpha value is -2.44. The van der Waals surface area contributed by atoms with Crippen LogP contribution in [0.15, 0.2) is 29.3 Å². The van der Waals surface area contributed by atoms with Crippen molar-refractivity contribution in [1.29, 1.82) is 0 Å². The van der Waals surface area contributed by atoms with Crippen LogP contribution >= 0.6 is 11.6 Å². The molecular formula is C25H29ClN2O4. The van der Waals surface area contributed by atoms with E-state index >= 15 is 0 Å². The largest absolute Gasteiger partial charge is 0.493 e. The maximum absolute atomic E-state index is 10.4. The maximum atomic E-state index is 10.4. The minimum atomic E-state index is -0.305. The number of ether oxygens (including phenoxy) is 3. The van der Waals surface area contributed by atoms with Gasteiger partial charge in [0.15, 0.2) is 11.5 Å². The topological polar surface area (TPSA) is 63.5 Å². The lowest BCUT2D eigenvalue weighted by molar-refractivity contribution is 0.111. The smallest absolute Gasteiger partial charge is 0.161 e. The molecule has 1 N–H and O–H groups in total. The zero-order valence-corrected chi connectivity index (χ0v) is 19.5. The number of anilines is 1. The van der Waals surface area contributed by atoms with Crippen LogP contribution in [0.25, 0.3) is 0 Å². The molecule has 0 bridgehead atoms. The molecule has 0 radical (unpaired) electrons. The van der Waals surface area contributed by atoms with Gasteiger partial charge in [-0.15, -0.1) is 0 Å². The average Bonchev–Trinajstić information content (AvgIpc) is 2.78. The number of rotatable bonds is 4. The molecule has 7 heteroatoms. The molecule has 2 aromatic carbocycles. The van der Waals surface area contributed by atoms with Crippen molar-refractivity contribution in [3.63, 3.8) is 0 Å². The van der Waals surface area contributed by atoms with E-state index in [9.17, 15) is 5.11 Å². The van der Waals surface area contributed by atoms with Crippen LogP contribution in [0.5, 0.6) is 17.2 Å². The molecule has 1 fully saturated rings. The van der Waals surface area contributed by atoms with Gasteiger partial charge in [0.1, 0.15) is 12.4 Å². The molecule has 3 aliphatic rings. The number of aliphatic imine (C=N–C) groups is 1. The standard InChI is InChI=1S/C25H29ClN2O4/c1-4-31-22-12-16-17-11-15(29)5-6-20(17)27-24(18(16)13-21(22)30-3)14-9-19(26)25-23(10-14)32-8-7-28(25)2/h9-10,12-13,15,17,20,29H,4-8,11H2,1-3H3. The minimum absolute atomic E-state index is 0.113. The normalized spacial score (nSPS) is 24.0. The Morgan fingerprint density at radius 2 is 2.06 bits per heavy atom. The summed E-state index contributed by atoms with van der Waals surface area (Å²) >= 11 is 6.72. The first-order valence-electron chi connectivity index (χ1n) is 11.3. The third-order valence-electron chi connectivity index (χ3n) is 6.74. The fourth-order valence-electron chi connectivity index (χ4n) is 5.20. The molecule has 6 nitrogen and oxygen atoms in total. The van der Waals surface area contributed by atoms with Crippen LogP contribution in [0.4, 0.5) is 5.69 Å². The molecule has 2 heterocycles. The van der Waals surface area contributed by atoms with E-state index in [-0.39, 0.29) is 18.1 Å². The van der Waals surface area contributed by atoms with Crippen LogP contribution in [-0.2, 0) is 0 Å². The molecule has 32 heavy (non-hydrogen) atoms. The van der Waals surface area contributed by atoms with Gasteiger partial charge in [-0.05, 0) is 56.0 Å². The lowest BCUT2D eigenvalue weighted by Crippen LogP contribution is -2.34. The SMILES string of the molecule is CCOc1cc2c(cc1OC)C(c1cc(Cl)c3c(c1)OCCN3C)=NC1CCC(O)CC21. The first-order valence-corrected chi connectivity index (χ1v) is 11.7. The van der Waals surface area contributed by atoms with Crippen LogP contribution in [-0.4, -0.2) is 56.9 Å². The molecule has 170 valence electrons. The number of hydrogen-bond donors (Lipinski definition) is 1. The van der Waals surface area contributed by atoms with Gasteiger partial charge >= 0.3 is 0 Å². The summed E-state index contributed by atoms with van der Waals surface area (Å²) in [5.74, 6) is 2.33. The summed E-state index contributed by atoms with van der Waals surface area (Å²) in [6, 6.07) is 8.22. The second kappa shape index (κ2) is 8.49. The van der Waals surface area contributed by atoms with Gasteiger partial charge in [0, 0.05) is 24.1 Å². The van der Waals surface area contributed by atoms with Gasteiger partial charge in [-0.3, -0.25) is 4.99 Å². The van der Waals surface area contributed by atoms with E-state index in [0.717, 1.165) is 59.0 Å². The highest BCUT2D eigenvalue weighted by atomic mass is 35.5. The van der Waals surface area contributed by atoms with Crippen molar-refractivity contribution in [2.24, 2.45) is 4.99 Å². The fraction of sp³-hybridized carbons (Fsp3) is 0.480. The van der Waals surface area contributed by atoms with Crippen molar-refractivity contribution in [3.05, 3.63) is 46.0 Å². The Morgan fingerprint density at radius 1 is 1.22 bits per heavy atom. The molecule has 1 aliphatic carbocycles. The quantitative estimate of drug-likeness (QED) is 0.737. The number of hydrogen-bond acceptors (Lipinski definition) is 6. The van der Waals surface area contributed by atoms with Crippen molar-refractivity contribution in [3.8, 4) is 17.2 Å². The summed E-state index contributed by atoms with van der Waals surface area (Å²) in [5, 5.41) is 11.0. The van der Waals surface area contributed by atoms with Gasteiger partial charge < -0.3 is 24.2 Å². The zero-order valence-electron chi connectivity index (χ0n) is 18.7. The second-order valence-electron chi connectivity index (χ2n) is 8.72. The second-order valence-corrected chi connectivity index (χ2v) is 9.12. The summed E-state index contributed by atoms with van der Waals surface area (Å²) in [6.07, 6.45) is 2.01. The van der Waals surface area contributed by atoms with Crippen molar-refractivity contribution in [1.82, 2.24) is 0 Å². The number of aliphatic hydroxyl groups is 1. The Bertz CT molecular complexity index is 1070. The molecule has 5 rings (SSSR count). The number of likely N-dealkylation sites (N-methyl/N-ethyl adjacent to an activating group) is 1. The Labute approximate surface area is 193 Å². The highest BCUT2D eigenvalue weighted by Crippen LogP contribution is 2.46. The molecule has 3 unspecified atom stereocenters. The van der Waals surface area contributed by atoms with Crippen molar-refractivity contribution in [2.75, 3.05) is 38.8 Å². The summed E-state index contributed by atoms with van der Waals surface area (Å²) in [5.41, 5.74) is 4.89. The van der Waals surface area contributed by atoms with Gasteiger partial charge in [-0.25, -0.2) is 0 Å². The van der Waals surface area contributed by atoms with E-state index in [2.05, 4.69) is 11.0 Å². The summed E-state index contributed by atoms with van der Waals surface area (Å²) in [6.45, 7) is 3.95. The highest BCUT2D eigenvalue weighted by molar-refractivity contribution is 6.34. The van der Waals surface area contributed by atoms with Crippen LogP contribution in [0.3, 0.4) is 0 Å². The number of aliphatic hydroxyl groups excluding tert-OH is 1. The molecule has 0 spiro atoms. The van der Waals surface area contributed by atoms with E-state index in [0.29, 0.717) is 30.4 Å². The number of methoxy groups -OCH3 is 1. The van der Waals surface area contributed by atoms with E-state index in [1.165, 1.54) is 0 Å². The predicted molar refractivity (Wildman–Crippen MR) is 126 cm³/mol. The first-order chi connectivity index (χ1) is 15.5. The van der Waals surface area contributed by atoms with Crippen molar-refractivity contribution >= 4 is 23.0 Å². The minimum Gasteiger partial charge on any atom is -0.493 e. The molecule has 3 atom stereocenters. The molecular weight excluding hydrogens is 428 g/mol. The highest BCUT2D eigenvalue weighted by Gasteiger charge is 2.37. The number of fused-ring (bicyclic) bond motifs is 4. The van der Waals surface area contributed by atoms with E-state index in [4.69, 9.17) is 30.8 Å².